The van der Waals surface area contributed by atoms with E-state index in [2.05, 4.69) is 0 Å². The van der Waals surface area contributed by atoms with Crippen molar-refractivity contribution >= 4 is 11.6 Å². The molecule has 0 aliphatic carbocycles. The minimum absolute atomic E-state index is 0.0621. The molecule has 1 fully saturated rings. The number of hydrogen-bond acceptors (Lipinski definition) is 3. The molecular weight excluding hydrogens is 235 g/mol. The van der Waals surface area contributed by atoms with Crippen LogP contribution in [-0.2, 0) is 9.53 Å². The molecule has 0 bridgehead atoms. The standard InChI is InChI=1S/C13H17FN2O2/c1-16(11-5-3-2-4-10(11)14)13(17)12-7-6-9(8-15)18-12/h2-5,9,12H,6-8,15H2,1H3. The van der Waals surface area contributed by atoms with Gasteiger partial charge in [-0.3, -0.25) is 4.79 Å². The second kappa shape index (κ2) is 5.46. The molecule has 2 atom stereocenters. The number of carbonyl (C=O) groups excluding carboxylic acids is 1. The van der Waals surface area contributed by atoms with Crippen LogP contribution in [0.3, 0.4) is 0 Å². The van der Waals surface area contributed by atoms with Crippen LogP contribution < -0.4 is 10.6 Å². The summed E-state index contributed by atoms with van der Waals surface area (Å²) in [7, 11) is 1.56. The maximum Gasteiger partial charge on any atom is 0.255 e. The molecule has 1 aromatic rings. The lowest BCUT2D eigenvalue weighted by atomic mass is 10.1. The van der Waals surface area contributed by atoms with Crippen LogP contribution in [0.4, 0.5) is 10.1 Å². The van der Waals surface area contributed by atoms with Crippen molar-refractivity contribution in [3.63, 3.8) is 0 Å². The zero-order valence-electron chi connectivity index (χ0n) is 10.3. The summed E-state index contributed by atoms with van der Waals surface area (Å²) in [6.07, 6.45) is 0.841. The number of nitrogens with zero attached hydrogens (tertiary/aromatic N) is 1. The Balaban J connectivity index is 2.08. The number of hydrogen-bond donors (Lipinski definition) is 1. The van der Waals surface area contributed by atoms with Gasteiger partial charge >= 0.3 is 0 Å². The van der Waals surface area contributed by atoms with E-state index in [0.29, 0.717) is 13.0 Å². The Morgan fingerprint density at radius 1 is 1.50 bits per heavy atom. The van der Waals surface area contributed by atoms with E-state index in [4.69, 9.17) is 10.5 Å². The van der Waals surface area contributed by atoms with Crippen molar-refractivity contribution in [3.05, 3.63) is 30.1 Å². The normalized spacial score (nSPS) is 23.1. The number of ether oxygens (including phenoxy) is 1. The number of rotatable bonds is 3. The van der Waals surface area contributed by atoms with Crippen LogP contribution in [0.1, 0.15) is 12.8 Å². The van der Waals surface area contributed by atoms with Crippen molar-refractivity contribution in [2.45, 2.75) is 25.0 Å². The molecule has 0 aromatic heterocycles. The van der Waals surface area contributed by atoms with E-state index in [9.17, 15) is 9.18 Å². The Labute approximate surface area is 106 Å². The van der Waals surface area contributed by atoms with Gasteiger partial charge in [-0.15, -0.1) is 0 Å². The Morgan fingerprint density at radius 3 is 2.83 bits per heavy atom. The van der Waals surface area contributed by atoms with Gasteiger partial charge in [0, 0.05) is 13.6 Å². The molecule has 5 heteroatoms. The molecule has 0 radical (unpaired) electrons. The first-order valence-electron chi connectivity index (χ1n) is 6.01. The van der Waals surface area contributed by atoms with E-state index in [0.717, 1.165) is 6.42 Å². The summed E-state index contributed by atoms with van der Waals surface area (Å²) in [6, 6.07) is 6.19. The highest BCUT2D eigenvalue weighted by Crippen LogP contribution is 2.24. The number of amides is 1. The molecule has 1 aliphatic heterocycles. The molecule has 2 rings (SSSR count). The van der Waals surface area contributed by atoms with Crippen LogP contribution in [0.25, 0.3) is 0 Å². The quantitative estimate of drug-likeness (QED) is 0.882. The highest BCUT2D eigenvalue weighted by molar-refractivity contribution is 5.96. The Bertz CT molecular complexity index is 439. The Kier molecular flexibility index (Phi) is 3.93. The fourth-order valence-electron chi connectivity index (χ4n) is 2.12. The van der Waals surface area contributed by atoms with Gasteiger partial charge in [-0.2, -0.15) is 0 Å². The average molecular weight is 252 g/mol. The monoisotopic (exact) mass is 252 g/mol. The molecule has 1 heterocycles. The lowest BCUT2D eigenvalue weighted by Gasteiger charge is -2.21. The van der Waals surface area contributed by atoms with Gasteiger partial charge < -0.3 is 15.4 Å². The maximum absolute atomic E-state index is 13.6. The van der Waals surface area contributed by atoms with Crippen molar-refractivity contribution < 1.29 is 13.9 Å². The summed E-state index contributed by atoms with van der Waals surface area (Å²) in [6.45, 7) is 0.410. The summed E-state index contributed by atoms with van der Waals surface area (Å²) in [5.74, 6) is -0.641. The molecule has 1 saturated heterocycles. The average Bonchev–Trinajstić information content (AvgIpc) is 2.86. The summed E-state index contributed by atoms with van der Waals surface area (Å²) < 4.78 is 19.1. The number of likely N-dealkylation sites (N-methyl/N-ethyl adjacent to an activating group) is 1. The molecule has 0 saturated carbocycles. The lowest BCUT2D eigenvalue weighted by Crippen LogP contribution is -2.37. The first-order valence-corrected chi connectivity index (χ1v) is 6.01. The van der Waals surface area contributed by atoms with Crippen molar-refractivity contribution in [3.8, 4) is 0 Å². The number of para-hydroxylation sites is 1. The summed E-state index contributed by atoms with van der Waals surface area (Å²) in [4.78, 5) is 13.5. The number of carbonyl (C=O) groups is 1. The fraction of sp³-hybridized carbons (Fsp3) is 0.462. The number of halogens is 1. The Morgan fingerprint density at radius 2 is 2.22 bits per heavy atom. The van der Waals surface area contributed by atoms with Crippen molar-refractivity contribution in [1.29, 1.82) is 0 Å². The van der Waals surface area contributed by atoms with Gasteiger partial charge in [0.25, 0.3) is 5.91 Å². The van der Waals surface area contributed by atoms with Crippen LogP contribution in [0.5, 0.6) is 0 Å². The lowest BCUT2D eigenvalue weighted by molar-refractivity contribution is -0.128. The largest absolute Gasteiger partial charge is 0.364 e. The van der Waals surface area contributed by atoms with Crippen LogP contribution in [-0.4, -0.2) is 31.7 Å². The van der Waals surface area contributed by atoms with Gasteiger partial charge in [0.2, 0.25) is 0 Å². The second-order valence-corrected chi connectivity index (χ2v) is 4.41. The van der Waals surface area contributed by atoms with Crippen LogP contribution in [0.15, 0.2) is 24.3 Å². The smallest absolute Gasteiger partial charge is 0.255 e. The molecule has 4 nitrogen and oxygen atoms in total. The minimum atomic E-state index is -0.511. The first-order chi connectivity index (χ1) is 8.63. The zero-order valence-corrected chi connectivity index (χ0v) is 10.3. The maximum atomic E-state index is 13.6. The molecule has 1 aliphatic rings. The minimum Gasteiger partial charge on any atom is -0.364 e. The van der Waals surface area contributed by atoms with Gasteiger partial charge in [-0.05, 0) is 25.0 Å². The van der Waals surface area contributed by atoms with Crippen LogP contribution in [0, 0.1) is 5.82 Å². The molecule has 0 spiro atoms. The van der Waals surface area contributed by atoms with Gasteiger partial charge in [0.05, 0.1) is 11.8 Å². The third-order valence-electron chi connectivity index (χ3n) is 3.19. The molecule has 98 valence electrons. The van der Waals surface area contributed by atoms with Crippen LogP contribution >= 0.6 is 0 Å². The summed E-state index contributed by atoms with van der Waals surface area (Å²) in [5.41, 5.74) is 5.76. The summed E-state index contributed by atoms with van der Waals surface area (Å²) >= 11 is 0. The van der Waals surface area contributed by atoms with E-state index in [1.165, 1.54) is 11.0 Å². The van der Waals surface area contributed by atoms with Crippen LogP contribution in [0.2, 0.25) is 0 Å². The molecule has 2 unspecified atom stereocenters. The van der Waals surface area contributed by atoms with Crippen molar-refractivity contribution in [1.82, 2.24) is 0 Å². The van der Waals surface area contributed by atoms with E-state index in [-0.39, 0.29) is 17.7 Å². The molecule has 2 N–H and O–H groups in total. The van der Waals surface area contributed by atoms with E-state index in [1.54, 1.807) is 25.2 Å². The molecule has 1 amide bonds. The van der Waals surface area contributed by atoms with E-state index >= 15 is 0 Å². The number of anilines is 1. The highest BCUT2D eigenvalue weighted by Gasteiger charge is 2.32. The molecule has 18 heavy (non-hydrogen) atoms. The first kappa shape index (κ1) is 13.0. The molecule has 1 aromatic carbocycles. The molecular formula is C13H17FN2O2. The SMILES string of the molecule is CN(C(=O)C1CCC(CN)O1)c1ccccc1F. The summed E-state index contributed by atoms with van der Waals surface area (Å²) in [5, 5.41) is 0. The van der Waals surface area contributed by atoms with Gasteiger partial charge in [-0.1, -0.05) is 12.1 Å². The number of benzene rings is 1. The third kappa shape index (κ3) is 2.52. The second-order valence-electron chi connectivity index (χ2n) is 4.41. The van der Waals surface area contributed by atoms with E-state index in [1.807, 2.05) is 0 Å². The highest BCUT2D eigenvalue weighted by atomic mass is 19.1. The van der Waals surface area contributed by atoms with Gasteiger partial charge in [-0.25, -0.2) is 4.39 Å². The predicted octanol–water partition coefficient (Wildman–Crippen LogP) is 1.29. The van der Waals surface area contributed by atoms with E-state index < -0.39 is 11.9 Å². The van der Waals surface area contributed by atoms with Crippen molar-refractivity contribution in [2.24, 2.45) is 5.73 Å². The topological polar surface area (TPSA) is 55.6 Å². The zero-order chi connectivity index (χ0) is 13.1. The predicted molar refractivity (Wildman–Crippen MR) is 66.8 cm³/mol. The Hall–Kier alpha value is -1.46. The third-order valence-corrected chi connectivity index (χ3v) is 3.19. The number of nitrogens with two attached hydrogens (primary N) is 1. The van der Waals surface area contributed by atoms with Crippen molar-refractivity contribution in [2.75, 3.05) is 18.5 Å². The van der Waals surface area contributed by atoms with Gasteiger partial charge in [0.15, 0.2) is 0 Å². The van der Waals surface area contributed by atoms with Gasteiger partial charge in [0.1, 0.15) is 11.9 Å². The fourth-order valence-corrected chi connectivity index (χ4v) is 2.12.